The van der Waals surface area contributed by atoms with Gasteiger partial charge in [-0.05, 0) is 0 Å². The highest BCUT2D eigenvalue weighted by Gasteiger charge is 2.36. The van der Waals surface area contributed by atoms with E-state index in [9.17, 15) is 4.39 Å². The Morgan fingerprint density at radius 3 is 3.00 bits per heavy atom. The zero-order valence-electron chi connectivity index (χ0n) is 10.4. The Kier molecular flexibility index (Phi) is 2.48. The lowest BCUT2D eigenvalue weighted by Crippen LogP contribution is -2.21. The first-order chi connectivity index (χ1) is 9.78. The standard InChI is InChI=1S/C12H12FN5O2/c13-7-3-9(20-8(7)4-19)18-6-15-10-11-14-1-2-17(11)5-16-12(10)18/h1-2,5-9,19H,3-4H2/t7-,8+,9+/m0/s1. The van der Waals surface area contributed by atoms with Crippen LogP contribution in [0.5, 0.6) is 0 Å². The molecule has 0 spiro atoms. The van der Waals surface area contributed by atoms with Crippen molar-refractivity contribution in [1.29, 1.82) is 0 Å². The molecule has 104 valence electrons. The Labute approximate surface area is 112 Å². The molecule has 1 aliphatic heterocycles. The van der Waals surface area contributed by atoms with E-state index in [1.165, 1.54) is 0 Å². The number of imidazole rings is 2. The summed E-state index contributed by atoms with van der Waals surface area (Å²) in [6.45, 7) is -0.331. The fraction of sp³-hybridized carbons (Fsp3) is 0.417. The van der Waals surface area contributed by atoms with Gasteiger partial charge in [-0.25, -0.2) is 19.3 Å². The number of halogens is 1. The van der Waals surface area contributed by atoms with Gasteiger partial charge in [0.15, 0.2) is 16.8 Å². The minimum Gasteiger partial charge on any atom is -0.394 e. The van der Waals surface area contributed by atoms with Crippen molar-refractivity contribution in [3.8, 4) is 0 Å². The van der Waals surface area contributed by atoms with Crippen LogP contribution in [0.4, 0.5) is 4.39 Å². The monoisotopic (exact) mass is 277 g/mol. The van der Waals surface area contributed by atoms with Crippen molar-refractivity contribution >= 4 is 16.8 Å². The molecule has 1 saturated heterocycles. The second-order valence-electron chi connectivity index (χ2n) is 4.79. The molecule has 7 nitrogen and oxygen atoms in total. The number of hydrogen-bond acceptors (Lipinski definition) is 5. The van der Waals surface area contributed by atoms with Crippen molar-refractivity contribution in [3.05, 3.63) is 25.0 Å². The maximum Gasteiger partial charge on any atom is 0.167 e. The lowest BCUT2D eigenvalue weighted by molar-refractivity contribution is -0.0323. The molecule has 0 aromatic carbocycles. The molecular formula is C12H12FN5O2. The number of rotatable bonds is 2. The minimum atomic E-state index is -1.18. The highest BCUT2D eigenvalue weighted by atomic mass is 19.1. The Morgan fingerprint density at radius 2 is 2.20 bits per heavy atom. The van der Waals surface area contributed by atoms with Crippen molar-refractivity contribution < 1.29 is 14.2 Å². The quantitative estimate of drug-likeness (QED) is 0.746. The van der Waals surface area contributed by atoms with Crippen LogP contribution in [0.25, 0.3) is 16.8 Å². The first-order valence-corrected chi connectivity index (χ1v) is 6.32. The van der Waals surface area contributed by atoms with Crippen LogP contribution in [0.3, 0.4) is 0 Å². The number of nitrogens with zero attached hydrogens (tertiary/aromatic N) is 5. The van der Waals surface area contributed by atoms with Crippen LogP contribution >= 0.6 is 0 Å². The van der Waals surface area contributed by atoms with Crippen molar-refractivity contribution in [3.63, 3.8) is 0 Å². The average Bonchev–Trinajstić information content (AvgIpc) is 3.13. The van der Waals surface area contributed by atoms with Crippen molar-refractivity contribution in [1.82, 2.24) is 23.9 Å². The molecule has 0 bridgehead atoms. The highest BCUT2D eigenvalue weighted by Crippen LogP contribution is 2.32. The predicted molar refractivity (Wildman–Crippen MR) is 66.8 cm³/mol. The third-order valence-corrected chi connectivity index (χ3v) is 3.60. The van der Waals surface area contributed by atoms with Gasteiger partial charge < -0.3 is 9.84 Å². The molecule has 1 N–H and O–H groups in total. The van der Waals surface area contributed by atoms with Gasteiger partial charge in [-0.3, -0.25) is 8.97 Å². The van der Waals surface area contributed by atoms with E-state index in [1.807, 2.05) is 0 Å². The lowest BCUT2D eigenvalue weighted by atomic mass is 10.2. The molecule has 0 radical (unpaired) electrons. The van der Waals surface area contributed by atoms with Gasteiger partial charge in [0.2, 0.25) is 0 Å². The van der Waals surface area contributed by atoms with Crippen LogP contribution < -0.4 is 0 Å². The normalized spacial score (nSPS) is 26.8. The lowest BCUT2D eigenvalue weighted by Gasteiger charge is -2.13. The molecule has 4 rings (SSSR count). The molecule has 20 heavy (non-hydrogen) atoms. The molecule has 0 unspecified atom stereocenters. The Balaban J connectivity index is 1.81. The minimum absolute atomic E-state index is 0.179. The maximum absolute atomic E-state index is 13.7. The molecular weight excluding hydrogens is 265 g/mol. The SMILES string of the molecule is OC[C@H]1O[C@@H](n2cnc3c2ncn2ccnc32)C[C@@H]1F. The van der Waals surface area contributed by atoms with Crippen LogP contribution in [0.2, 0.25) is 0 Å². The molecule has 3 atom stereocenters. The van der Waals surface area contributed by atoms with E-state index in [4.69, 9.17) is 9.84 Å². The number of ether oxygens (including phenoxy) is 1. The number of fused-ring (bicyclic) bond motifs is 3. The summed E-state index contributed by atoms with van der Waals surface area (Å²) in [5, 5.41) is 9.06. The molecule has 0 amide bonds. The van der Waals surface area contributed by atoms with Crippen molar-refractivity contribution in [2.45, 2.75) is 24.9 Å². The van der Waals surface area contributed by atoms with E-state index in [2.05, 4.69) is 15.0 Å². The number of aliphatic hydroxyl groups excluding tert-OH is 1. The summed E-state index contributed by atoms with van der Waals surface area (Å²) in [4.78, 5) is 12.8. The molecule has 1 fully saturated rings. The predicted octanol–water partition coefficient (Wildman–Crippen LogP) is 0.697. The summed E-state index contributed by atoms with van der Waals surface area (Å²) < 4.78 is 22.6. The van der Waals surface area contributed by atoms with E-state index in [1.54, 1.807) is 34.0 Å². The summed E-state index contributed by atoms with van der Waals surface area (Å²) in [6, 6.07) is 0. The van der Waals surface area contributed by atoms with E-state index in [0.717, 1.165) is 0 Å². The topological polar surface area (TPSA) is 77.5 Å². The fourth-order valence-corrected chi connectivity index (χ4v) is 2.58. The largest absolute Gasteiger partial charge is 0.394 e. The second-order valence-corrected chi connectivity index (χ2v) is 4.79. The maximum atomic E-state index is 13.7. The number of hydrogen-bond donors (Lipinski definition) is 1. The summed E-state index contributed by atoms with van der Waals surface area (Å²) in [6.07, 6.45) is 4.37. The van der Waals surface area contributed by atoms with Crippen LogP contribution in [-0.4, -0.2) is 47.9 Å². The van der Waals surface area contributed by atoms with Crippen molar-refractivity contribution in [2.24, 2.45) is 0 Å². The Bertz CT molecular complexity index is 769. The zero-order chi connectivity index (χ0) is 13.7. The molecule has 3 aromatic rings. The van der Waals surface area contributed by atoms with Gasteiger partial charge >= 0.3 is 0 Å². The third-order valence-electron chi connectivity index (χ3n) is 3.60. The smallest absolute Gasteiger partial charge is 0.167 e. The highest BCUT2D eigenvalue weighted by molar-refractivity contribution is 5.85. The van der Waals surface area contributed by atoms with E-state index in [0.29, 0.717) is 16.8 Å². The first-order valence-electron chi connectivity index (χ1n) is 6.32. The number of alkyl halides is 1. The van der Waals surface area contributed by atoms with Crippen LogP contribution in [0.1, 0.15) is 12.6 Å². The molecule has 3 aromatic heterocycles. The van der Waals surface area contributed by atoms with Gasteiger partial charge in [-0.1, -0.05) is 0 Å². The second kappa shape index (κ2) is 4.22. The zero-order valence-corrected chi connectivity index (χ0v) is 10.4. The molecule has 0 aliphatic carbocycles. The van der Waals surface area contributed by atoms with Crippen molar-refractivity contribution in [2.75, 3.05) is 6.61 Å². The number of aliphatic hydroxyl groups is 1. The van der Waals surface area contributed by atoms with Gasteiger partial charge in [0, 0.05) is 18.8 Å². The fourth-order valence-electron chi connectivity index (χ4n) is 2.58. The third kappa shape index (κ3) is 1.55. The van der Waals surface area contributed by atoms with Gasteiger partial charge in [0.25, 0.3) is 0 Å². The van der Waals surface area contributed by atoms with E-state index in [-0.39, 0.29) is 13.0 Å². The number of aromatic nitrogens is 5. The Hall–Kier alpha value is -2.06. The summed E-state index contributed by atoms with van der Waals surface area (Å²) in [5.41, 5.74) is 1.94. The summed E-state index contributed by atoms with van der Waals surface area (Å²) >= 11 is 0. The average molecular weight is 277 g/mol. The van der Waals surface area contributed by atoms with Crippen LogP contribution in [-0.2, 0) is 4.74 Å². The van der Waals surface area contributed by atoms with Gasteiger partial charge in [-0.15, -0.1) is 0 Å². The van der Waals surface area contributed by atoms with Crippen LogP contribution in [0.15, 0.2) is 25.0 Å². The van der Waals surface area contributed by atoms with E-state index < -0.39 is 18.5 Å². The van der Waals surface area contributed by atoms with Gasteiger partial charge in [0.1, 0.15) is 24.8 Å². The molecule has 0 saturated carbocycles. The summed E-state index contributed by atoms with van der Waals surface area (Å²) in [5.74, 6) is 0. The van der Waals surface area contributed by atoms with Crippen LogP contribution in [0, 0.1) is 0 Å². The first kappa shape index (κ1) is 11.7. The van der Waals surface area contributed by atoms with E-state index >= 15 is 0 Å². The van der Waals surface area contributed by atoms with Gasteiger partial charge in [0.05, 0.1) is 12.9 Å². The molecule has 8 heteroatoms. The van der Waals surface area contributed by atoms with Gasteiger partial charge in [-0.2, -0.15) is 0 Å². The molecule has 4 heterocycles. The molecule has 1 aliphatic rings. The Morgan fingerprint density at radius 1 is 1.30 bits per heavy atom. The summed E-state index contributed by atoms with van der Waals surface area (Å²) in [7, 11) is 0.